The first-order chi connectivity index (χ1) is 8.39. The topological polar surface area (TPSA) is 28.2 Å². The molecule has 2 fully saturated rings. The van der Waals surface area contributed by atoms with Gasteiger partial charge in [0, 0.05) is 37.9 Å². The third kappa shape index (κ3) is 2.22. The molecule has 2 aliphatic rings. The molecule has 1 N–H and O–H groups in total. The molecule has 0 radical (unpaired) electrons. The van der Waals surface area contributed by atoms with Crippen molar-refractivity contribution in [2.75, 3.05) is 19.6 Å². The Hall–Kier alpha value is -0.930. The fourth-order valence-corrected chi connectivity index (χ4v) is 3.34. The summed E-state index contributed by atoms with van der Waals surface area (Å²) in [4.78, 5) is 7.13. The summed E-state index contributed by atoms with van der Waals surface area (Å²) in [5.41, 5.74) is 1.64. The highest BCUT2D eigenvalue weighted by atomic mass is 15.3. The molecule has 3 heteroatoms. The minimum Gasteiger partial charge on any atom is -0.314 e. The molecule has 2 heterocycles. The van der Waals surface area contributed by atoms with E-state index in [1.807, 2.05) is 12.3 Å². The number of aromatic nitrogens is 1. The Labute approximate surface area is 103 Å². The maximum Gasteiger partial charge on any atom is 0.0544 e. The Morgan fingerprint density at radius 1 is 1.29 bits per heavy atom. The lowest BCUT2D eigenvalue weighted by Gasteiger charge is -2.45. The molecule has 0 bridgehead atoms. The molecule has 3 nitrogen and oxygen atoms in total. The van der Waals surface area contributed by atoms with Gasteiger partial charge >= 0.3 is 0 Å². The van der Waals surface area contributed by atoms with Crippen molar-refractivity contribution in [1.82, 2.24) is 15.2 Å². The molecule has 1 aliphatic carbocycles. The molecule has 1 saturated heterocycles. The zero-order valence-corrected chi connectivity index (χ0v) is 10.4. The van der Waals surface area contributed by atoms with Crippen molar-refractivity contribution in [3.63, 3.8) is 0 Å². The van der Waals surface area contributed by atoms with E-state index in [4.69, 9.17) is 0 Å². The van der Waals surface area contributed by atoms with Crippen molar-refractivity contribution in [3.05, 3.63) is 30.1 Å². The Balaban J connectivity index is 1.76. The van der Waals surface area contributed by atoms with E-state index in [2.05, 4.69) is 27.3 Å². The molecule has 92 valence electrons. The first-order valence-corrected chi connectivity index (χ1v) is 6.75. The van der Waals surface area contributed by atoms with Crippen LogP contribution in [0.4, 0.5) is 0 Å². The maximum absolute atomic E-state index is 4.47. The summed E-state index contributed by atoms with van der Waals surface area (Å²) in [6.07, 6.45) is 7.39. The van der Waals surface area contributed by atoms with E-state index in [0.717, 1.165) is 19.6 Å². The molecule has 17 heavy (non-hydrogen) atoms. The Morgan fingerprint density at radius 3 is 2.94 bits per heavy atom. The molecule has 1 spiro atoms. The van der Waals surface area contributed by atoms with Crippen LogP contribution in [0.1, 0.15) is 31.4 Å². The predicted octanol–water partition coefficient (Wildman–Crippen LogP) is 1.80. The summed E-state index contributed by atoms with van der Waals surface area (Å²) in [5.74, 6) is 0. The van der Waals surface area contributed by atoms with E-state index in [9.17, 15) is 0 Å². The standard InChI is InChI=1S/C14H21N3/c1-4-8-16-13(5-1)11-17-10-9-15-12-14(17)6-2-3-7-14/h1,4-5,8,15H,2-3,6-7,9-12H2. The lowest BCUT2D eigenvalue weighted by atomic mass is 9.92. The van der Waals surface area contributed by atoms with Gasteiger partial charge in [-0.25, -0.2) is 0 Å². The Bertz CT molecular complexity index is 357. The van der Waals surface area contributed by atoms with Gasteiger partial charge in [0.25, 0.3) is 0 Å². The lowest BCUT2D eigenvalue weighted by molar-refractivity contribution is 0.0561. The van der Waals surface area contributed by atoms with Crippen molar-refractivity contribution < 1.29 is 0 Å². The van der Waals surface area contributed by atoms with Crippen LogP contribution in [-0.2, 0) is 6.54 Å². The average molecular weight is 231 g/mol. The normalized spacial score (nSPS) is 24.2. The van der Waals surface area contributed by atoms with Crippen LogP contribution in [0.15, 0.2) is 24.4 Å². The minimum absolute atomic E-state index is 0.426. The van der Waals surface area contributed by atoms with Gasteiger partial charge < -0.3 is 5.32 Å². The van der Waals surface area contributed by atoms with Crippen LogP contribution in [0.25, 0.3) is 0 Å². The van der Waals surface area contributed by atoms with Gasteiger partial charge in [0.1, 0.15) is 0 Å². The number of rotatable bonds is 2. The summed E-state index contributed by atoms with van der Waals surface area (Å²) >= 11 is 0. The number of hydrogen-bond donors (Lipinski definition) is 1. The van der Waals surface area contributed by atoms with Gasteiger partial charge in [-0.2, -0.15) is 0 Å². The monoisotopic (exact) mass is 231 g/mol. The number of piperazine rings is 1. The van der Waals surface area contributed by atoms with Crippen molar-refractivity contribution in [3.8, 4) is 0 Å². The van der Waals surface area contributed by atoms with Crippen molar-refractivity contribution >= 4 is 0 Å². The molecule has 3 rings (SSSR count). The molecule has 0 atom stereocenters. The van der Waals surface area contributed by atoms with Crippen LogP contribution in [0, 0.1) is 0 Å². The van der Waals surface area contributed by atoms with Crippen LogP contribution in [0.2, 0.25) is 0 Å². The van der Waals surface area contributed by atoms with E-state index in [0.29, 0.717) is 5.54 Å². The van der Waals surface area contributed by atoms with Crippen LogP contribution in [0.5, 0.6) is 0 Å². The van der Waals surface area contributed by atoms with Gasteiger partial charge in [-0.05, 0) is 25.0 Å². The van der Waals surface area contributed by atoms with Crippen molar-refractivity contribution in [1.29, 1.82) is 0 Å². The molecule has 1 aliphatic heterocycles. The second-order valence-electron chi connectivity index (χ2n) is 5.35. The summed E-state index contributed by atoms with van der Waals surface area (Å²) in [5, 5.41) is 3.57. The van der Waals surface area contributed by atoms with Crippen LogP contribution < -0.4 is 5.32 Å². The van der Waals surface area contributed by atoms with Gasteiger partial charge in [-0.1, -0.05) is 18.9 Å². The summed E-state index contributed by atoms with van der Waals surface area (Å²) < 4.78 is 0. The van der Waals surface area contributed by atoms with E-state index < -0.39 is 0 Å². The van der Waals surface area contributed by atoms with E-state index in [1.54, 1.807) is 0 Å². The van der Waals surface area contributed by atoms with Crippen molar-refractivity contribution in [2.24, 2.45) is 0 Å². The number of nitrogens with zero attached hydrogens (tertiary/aromatic N) is 2. The third-order valence-corrected chi connectivity index (χ3v) is 4.30. The van der Waals surface area contributed by atoms with Crippen molar-refractivity contribution in [2.45, 2.75) is 37.8 Å². The third-order valence-electron chi connectivity index (χ3n) is 4.30. The van der Waals surface area contributed by atoms with Crippen LogP contribution in [-0.4, -0.2) is 35.1 Å². The smallest absolute Gasteiger partial charge is 0.0544 e. The van der Waals surface area contributed by atoms with Gasteiger partial charge in [0.05, 0.1) is 5.69 Å². The van der Waals surface area contributed by atoms with Crippen LogP contribution in [0.3, 0.4) is 0 Å². The molecule has 0 amide bonds. The number of nitrogens with one attached hydrogen (secondary N) is 1. The second-order valence-corrected chi connectivity index (χ2v) is 5.35. The highest BCUT2D eigenvalue weighted by Gasteiger charge is 2.40. The number of hydrogen-bond acceptors (Lipinski definition) is 3. The van der Waals surface area contributed by atoms with Crippen LogP contribution >= 0.6 is 0 Å². The number of pyridine rings is 1. The fraction of sp³-hybridized carbons (Fsp3) is 0.643. The Morgan fingerprint density at radius 2 is 2.18 bits per heavy atom. The first-order valence-electron chi connectivity index (χ1n) is 6.75. The molecule has 1 aromatic heterocycles. The first kappa shape index (κ1) is 11.2. The molecule has 1 saturated carbocycles. The summed E-state index contributed by atoms with van der Waals surface area (Å²) in [6, 6.07) is 6.23. The SMILES string of the molecule is c1ccc(CN2CCNCC23CCCC3)nc1. The van der Waals surface area contributed by atoms with Gasteiger partial charge in [0.2, 0.25) is 0 Å². The largest absolute Gasteiger partial charge is 0.314 e. The lowest BCUT2D eigenvalue weighted by Crippen LogP contribution is -2.59. The summed E-state index contributed by atoms with van der Waals surface area (Å²) in [6.45, 7) is 4.47. The molecular weight excluding hydrogens is 210 g/mol. The zero-order valence-electron chi connectivity index (χ0n) is 10.4. The molecular formula is C14H21N3. The van der Waals surface area contributed by atoms with E-state index in [1.165, 1.54) is 37.9 Å². The van der Waals surface area contributed by atoms with E-state index in [-0.39, 0.29) is 0 Å². The van der Waals surface area contributed by atoms with Gasteiger partial charge in [-0.15, -0.1) is 0 Å². The molecule has 0 unspecified atom stereocenters. The van der Waals surface area contributed by atoms with E-state index >= 15 is 0 Å². The quantitative estimate of drug-likeness (QED) is 0.841. The second kappa shape index (κ2) is 4.75. The minimum atomic E-state index is 0.426. The van der Waals surface area contributed by atoms with Gasteiger partial charge in [0.15, 0.2) is 0 Å². The highest BCUT2D eigenvalue weighted by Crippen LogP contribution is 2.36. The van der Waals surface area contributed by atoms with Gasteiger partial charge in [-0.3, -0.25) is 9.88 Å². The Kier molecular flexibility index (Phi) is 3.12. The molecule has 0 aromatic carbocycles. The predicted molar refractivity (Wildman–Crippen MR) is 68.7 cm³/mol. The molecule has 1 aromatic rings. The maximum atomic E-state index is 4.47. The highest BCUT2D eigenvalue weighted by molar-refractivity contribution is 5.07. The summed E-state index contributed by atoms with van der Waals surface area (Å²) in [7, 11) is 0. The average Bonchev–Trinajstić information content (AvgIpc) is 2.83. The fourth-order valence-electron chi connectivity index (χ4n) is 3.34. The zero-order chi connectivity index (χ0) is 11.6.